The van der Waals surface area contributed by atoms with Gasteiger partial charge >= 0.3 is 0 Å². The van der Waals surface area contributed by atoms with Crippen LogP contribution in [0.15, 0.2) is 60.8 Å². The van der Waals surface area contributed by atoms with Crippen LogP contribution < -0.4 is 19.5 Å². The van der Waals surface area contributed by atoms with E-state index in [0.717, 1.165) is 11.1 Å². The lowest BCUT2D eigenvalue weighted by molar-refractivity contribution is 0.0942. The van der Waals surface area contributed by atoms with E-state index in [9.17, 15) is 4.79 Å². The molecule has 3 aromatic rings. The first-order valence-electron chi connectivity index (χ1n) is 8.92. The average Bonchev–Trinajstić information content (AvgIpc) is 3.20. The lowest BCUT2D eigenvalue weighted by Crippen LogP contribution is -2.25. The number of ether oxygens (including phenoxy) is 3. The summed E-state index contributed by atoms with van der Waals surface area (Å²) in [5, 5.41) is 2.96. The van der Waals surface area contributed by atoms with Crippen LogP contribution in [-0.2, 0) is 13.1 Å². The topological polar surface area (TPSA) is 61.7 Å². The molecule has 0 saturated heterocycles. The van der Waals surface area contributed by atoms with Crippen LogP contribution in [0, 0.1) is 0 Å². The minimum atomic E-state index is -0.144. The highest BCUT2D eigenvalue weighted by Crippen LogP contribution is 2.38. The molecular formula is C22H24N2O4. The Balaban J connectivity index is 1.72. The van der Waals surface area contributed by atoms with Crippen molar-refractivity contribution in [1.82, 2.24) is 9.88 Å². The molecule has 0 saturated carbocycles. The van der Waals surface area contributed by atoms with E-state index in [1.54, 1.807) is 21.3 Å². The maximum absolute atomic E-state index is 12.7. The Bertz CT molecular complexity index is 910. The normalized spacial score (nSPS) is 10.4. The lowest BCUT2D eigenvalue weighted by Gasteiger charge is -2.15. The fourth-order valence-electron chi connectivity index (χ4n) is 3.05. The monoisotopic (exact) mass is 380 g/mol. The van der Waals surface area contributed by atoms with Crippen molar-refractivity contribution >= 4 is 5.91 Å². The highest BCUT2D eigenvalue weighted by atomic mass is 16.5. The van der Waals surface area contributed by atoms with Crippen molar-refractivity contribution in [3.8, 4) is 17.2 Å². The zero-order chi connectivity index (χ0) is 19.9. The number of aromatic nitrogens is 1. The van der Waals surface area contributed by atoms with Crippen molar-refractivity contribution in [2.24, 2.45) is 0 Å². The predicted octanol–water partition coefficient (Wildman–Crippen LogP) is 3.49. The van der Waals surface area contributed by atoms with Crippen molar-refractivity contribution in [3.63, 3.8) is 0 Å². The maximum atomic E-state index is 12.7. The summed E-state index contributed by atoms with van der Waals surface area (Å²) in [5.41, 5.74) is 2.60. The van der Waals surface area contributed by atoms with E-state index in [1.807, 2.05) is 65.4 Å². The van der Waals surface area contributed by atoms with Crippen molar-refractivity contribution in [1.29, 1.82) is 0 Å². The molecule has 28 heavy (non-hydrogen) atoms. The molecule has 6 nitrogen and oxygen atoms in total. The van der Waals surface area contributed by atoms with Crippen molar-refractivity contribution in [2.45, 2.75) is 13.1 Å². The Morgan fingerprint density at radius 2 is 1.57 bits per heavy atom. The zero-order valence-electron chi connectivity index (χ0n) is 16.3. The van der Waals surface area contributed by atoms with Crippen molar-refractivity contribution < 1.29 is 19.0 Å². The van der Waals surface area contributed by atoms with Gasteiger partial charge in [-0.2, -0.15) is 0 Å². The minimum Gasteiger partial charge on any atom is -0.493 e. The van der Waals surface area contributed by atoms with Crippen LogP contribution in [0.1, 0.15) is 21.6 Å². The number of hydrogen-bond acceptors (Lipinski definition) is 4. The number of hydrogen-bond donors (Lipinski definition) is 1. The highest BCUT2D eigenvalue weighted by molar-refractivity contribution is 5.92. The van der Waals surface area contributed by atoms with E-state index < -0.39 is 0 Å². The van der Waals surface area contributed by atoms with Crippen molar-refractivity contribution in [2.75, 3.05) is 21.3 Å². The predicted molar refractivity (Wildman–Crippen MR) is 107 cm³/mol. The van der Waals surface area contributed by atoms with Crippen LogP contribution in [0.3, 0.4) is 0 Å². The summed E-state index contributed by atoms with van der Waals surface area (Å²) >= 11 is 0. The summed E-state index contributed by atoms with van der Waals surface area (Å²) in [6.45, 7) is 0.979. The van der Waals surface area contributed by atoms with Crippen LogP contribution in [0.2, 0.25) is 0 Å². The largest absolute Gasteiger partial charge is 0.493 e. The quantitative estimate of drug-likeness (QED) is 0.650. The second-order valence-electron chi connectivity index (χ2n) is 6.22. The molecule has 0 aliphatic heterocycles. The Labute approximate surface area is 164 Å². The Morgan fingerprint density at radius 1 is 0.893 bits per heavy atom. The molecule has 0 radical (unpaired) electrons. The first-order valence-corrected chi connectivity index (χ1v) is 8.92. The molecule has 2 aromatic carbocycles. The second kappa shape index (κ2) is 8.99. The number of nitrogens with one attached hydrogen (secondary N) is 1. The summed E-state index contributed by atoms with van der Waals surface area (Å²) in [6, 6.07) is 17.4. The first-order chi connectivity index (χ1) is 13.7. The summed E-state index contributed by atoms with van der Waals surface area (Å²) in [7, 11) is 4.69. The summed E-state index contributed by atoms with van der Waals surface area (Å²) in [6.07, 6.45) is 1.90. The zero-order valence-corrected chi connectivity index (χ0v) is 16.3. The van der Waals surface area contributed by atoms with Gasteiger partial charge in [0.2, 0.25) is 5.75 Å². The lowest BCUT2D eigenvalue weighted by atomic mass is 10.1. The van der Waals surface area contributed by atoms with Gasteiger partial charge in [-0.1, -0.05) is 30.3 Å². The van der Waals surface area contributed by atoms with E-state index in [2.05, 4.69) is 5.32 Å². The highest BCUT2D eigenvalue weighted by Gasteiger charge is 2.15. The van der Waals surface area contributed by atoms with Crippen LogP contribution >= 0.6 is 0 Å². The minimum absolute atomic E-state index is 0.144. The molecule has 0 aliphatic rings. The third-order valence-corrected chi connectivity index (χ3v) is 4.44. The van der Waals surface area contributed by atoms with Gasteiger partial charge in [0.1, 0.15) is 5.69 Å². The molecule has 0 fully saturated rings. The molecule has 146 valence electrons. The number of benzene rings is 2. The molecular weight excluding hydrogens is 356 g/mol. The molecule has 6 heteroatoms. The molecule has 3 rings (SSSR count). The van der Waals surface area contributed by atoms with Gasteiger partial charge in [0.05, 0.1) is 21.3 Å². The molecule has 0 spiro atoms. The van der Waals surface area contributed by atoms with Gasteiger partial charge < -0.3 is 24.1 Å². The van der Waals surface area contributed by atoms with E-state index in [-0.39, 0.29) is 5.91 Å². The van der Waals surface area contributed by atoms with Gasteiger partial charge in [-0.25, -0.2) is 0 Å². The molecule has 1 aromatic heterocycles. The molecule has 1 heterocycles. The summed E-state index contributed by atoms with van der Waals surface area (Å²) in [4.78, 5) is 12.7. The standard InChI is InChI=1S/C22H24N2O4/c1-26-19-12-17(13-20(27-2)21(19)28-3)14-23-22(25)18-10-7-11-24(18)15-16-8-5-4-6-9-16/h4-13H,14-15H2,1-3H3,(H,23,25). The van der Waals surface area contributed by atoms with Gasteiger partial charge in [-0.3, -0.25) is 4.79 Å². The number of amides is 1. The molecule has 0 unspecified atom stereocenters. The molecule has 0 bridgehead atoms. The maximum Gasteiger partial charge on any atom is 0.268 e. The Hall–Kier alpha value is -3.41. The van der Waals surface area contributed by atoms with E-state index in [1.165, 1.54) is 0 Å². The third kappa shape index (κ3) is 4.28. The van der Waals surface area contributed by atoms with Gasteiger partial charge in [-0.05, 0) is 35.4 Å². The van der Waals surface area contributed by atoms with Crippen molar-refractivity contribution in [3.05, 3.63) is 77.6 Å². The average molecular weight is 380 g/mol. The Kier molecular flexibility index (Phi) is 6.22. The number of rotatable bonds is 8. The summed E-state index contributed by atoms with van der Waals surface area (Å²) in [5.74, 6) is 1.49. The van der Waals surface area contributed by atoms with Gasteiger partial charge in [-0.15, -0.1) is 0 Å². The van der Waals surface area contributed by atoms with E-state index in [4.69, 9.17) is 14.2 Å². The second-order valence-corrected chi connectivity index (χ2v) is 6.22. The molecule has 0 aliphatic carbocycles. The fourth-order valence-corrected chi connectivity index (χ4v) is 3.05. The molecule has 0 atom stereocenters. The fraction of sp³-hybridized carbons (Fsp3) is 0.227. The number of carbonyl (C=O) groups excluding carboxylic acids is 1. The summed E-state index contributed by atoms with van der Waals surface area (Å²) < 4.78 is 18.0. The van der Waals surface area contributed by atoms with Crippen LogP contribution in [0.5, 0.6) is 17.2 Å². The van der Waals surface area contributed by atoms with Crippen LogP contribution in [0.4, 0.5) is 0 Å². The number of nitrogens with zero attached hydrogens (tertiary/aromatic N) is 1. The van der Waals surface area contributed by atoms with Gasteiger partial charge in [0, 0.05) is 19.3 Å². The number of carbonyl (C=O) groups is 1. The van der Waals surface area contributed by atoms with Crippen LogP contribution in [-0.4, -0.2) is 31.8 Å². The molecule has 1 N–H and O–H groups in total. The van der Waals surface area contributed by atoms with Crippen LogP contribution in [0.25, 0.3) is 0 Å². The SMILES string of the molecule is COc1cc(CNC(=O)c2cccn2Cc2ccccc2)cc(OC)c1OC. The molecule has 1 amide bonds. The Morgan fingerprint density at radius 3 is 2.18 bits per heavy atom. The van der Waals surface area contributed by atoms with Gasteiger partial charge in [0.15, 0.2) is 11.5 Å². The first kappa shape index (κ1) is 19.4. The third-order valence-electron chi connectivity index (χ3n) is 4.44. The smallest absolute Gasteiger partial charge is 0.268 e. The van der Waals surface area contributed by atoms with E-state index >= 15 is 0 Å². The number of methoxy groups -OCH3 is 3. The van der Waals surface area contributed by atoms with E-state index in [0.29, 0.717) is 36.0 Å². The van der Waals surface area contributed by atoms with Gasteiger partial charge in [0.25, 0.3) is 5.91 Å².